The minimum Gasteiger partial charge on any atom is -0.379 e. The summed E-state index contributed by atoms with van der Waals surface area (Å²) >= 11 is 1.81. The Kier molecular flexibility index (Phi) is 6.77. The van der Waals surface area contributed by atoms with Crippen LogP contribution >= 0.6 is 11.8 Å². The van der Waals surface area contributed by atoms with E-state index >= 15 is 0 Å². The fourth-order valence-corrected chi connectivity index (χ4v) is 1.71. The maximum absolute atomic E-state index is 5.43. The molecule has 0 spiro atoms. The first-order valence-corrected chi connectivity index (χ1v) is 5.95. The molecule has 0 aromatic carbocycles. The molecule has 1 atom stereocenters. The number of rotatable bonds is 7. The molecular weight excluding hydrogens is 184 g/mol. The number of nitrogens with two attached hydrogens (primary N) is 1. The Bertz CT molecular complexity index is 131. The topological polar surface area (TPSA) is 47.3 Å². The van der Waals surface area contributed by atoms with E-state index in [1.807, 2.05) is 11.8 Å². The number of hydrogen-bond acceptors (Lipinski definition) is 4. The van der Waals surface area contributed by atoms with Crippen LogP contribution in [0.15, 0.2) is 0 Å². The Morgan fingerprint density at radius 1 is 1.54 bits per heavy atom. The quantitative estimate of drug-likeness (QED) is 0.488. The second-order valence-corrected chi connectivity index (χ2v) is 4.73. The van der Waals surface area contributed by atoms with Crippen molar-refractivity contribution in [2.24, 2.45) is 5.84 Å². The molecule has 80 valence electrons. The van der Waals surface area contributed by atoms with Crippen molar-refractivity contribution in [3.05, 3.63) is 0 Å². The van der Waals surface area contributed by atoms with Gasteiger partial charge in [0, 0.05) is 18.9 Å². The highest BCUT2D eigenvalue weighted by Crippen LogP contribution is 2.17. The summed E-state index contributed by atoms with van der Waals surface area (Å²) < 4.78 is 5.34. The Balaban J connectivity index is 3.70. The highest BCUT2D eigenvalue weighted by atomic mass is 32.2. The predicted molar refractivity (Wildman–Crippen MR) is 59.8 cm³/mol. The van der Waals surface area contributed by atoms with Gasteiger partial charge in [0.15, 0.2) is 0 Å². The van der Waals surface area contributed by atoms with Gasteiger partial charge in [-0.2, -0.15) is 11.8 Å². The standard InChI is InChI=1S/C9H22N2OS/c1-9(2,12-3)6-5-8(11-10)7-13-4/h8,11H,5-7,10H2,1-4H3. The van der Waals surface area contributed by atoms with Crippen molar-refractivity contribution in [1.82, 2.24) is 5.43 Å². The van der Waals surface area contributed by atoms with Crippen LogP contribution < -0.4 is 11.3 Å². The largest absolute Gasteiger partial charge is 0.379 e. The molecule has 0 saturated carbocycles. The van der Waals surface area contributed by atoms with E-state index in [0.717, 1.165) is 18.6 Å². The maximum Gasteiger partial charge on any atom is 0.0623 e. The van der Waals surface area contributed by atoms with E-state index in [1.54, 1.807) is 7.11 Å². The van der Waals surface area contributed by atoms with Gasteiger partial charge in [-0.25, -0.2) is 0 Å². The molecule has 0 heterocycles. The molecule has 0 rings (SSSR count). The molecule has 0 saturated heterocycles. The van der Waals surface area contributed by atoms with Gasteiger partial charge >= 0.3 is 0 Å². The van der Waals surface area contributed by atoms with E-state index in [1.165, 1.54) is 0 Å². The third-order valence-corrected chi connectivity index (χ3v) is 2.99. The molecule has 0 aliphatic rings. The molecular formula is C9H22N2OS. The highest BCUT2D eigenvalue weighted by molar-refractivity contribution is 7.98. The lowest BCUT2D eigenvalue weighted by Crippen LogP contribution is -2.38. The van der Waals surface area contributed by atoms with Crippen LogP contribution in [-0.4, -0.2) is 30.8 Å². The van der Waals surface area contributed by atoms with Crippen molar-refractivity contribution >= 4 is 11.8 Å². The minimum absolute atomic E-state index is 0.0342. The van der Waals surface area contributed by atoms with Gasteiger partial charge in [0.05, 0.1) is 5.60 Å². The predicted octanol–water partition coefficient (Wildman–Crippen LogP) is 1.39. The summed E-state index contributed by atoms with van der Waals surface area (Å²) in [6.07, 6.45) is 4.17. The van der Waals surface area contributed by atoms with Crippen LogP contribution in [0.2, 0.25) is 0 Å². The van der Waals surface area contributed by atoms with Crippen molar-refractivity contribution in [2.45, 2.75) is 38.3 Å². The summed E-state index contributed by atoms with van der Waals surface area (Å²) in [6.45, 7) is 4.19. The zero-order chi connectivity index (χ0) is 10.3. The third-order valence-electron chi connectivity index (χ3n) is 2.25. The van der Waals surface area contributed by atoms with Gasteiger partial charge in [0.2, 0.25) is 0 Å². The molecule has 3 nitrogen and oxygen atoms in total. The van der Waals surface area contributed by atoms with Crippen LogP contribution in [0, 0.1) is 0 Å². The van der Waals surface area contributed by atoms with Crippen LogP contribution in [0.4, 0.5) is 0 Å². The first kappa shape index (κ1) is 13.2. The summed E-state index contributed by atoms with van der Waals surface area (Å²) in [7, 11) is 1.75. The van der Waals surface area contributed by atoms with Crippen LogP contribution in [0.3, 0.4) is 0 Å². The lowest BCUT2D eigenvalue weighted by molar-refractivity contribution is 0.0122. The number of nitrogens with one attached hydrogen (secondary N) is 1. The van der Waals surface area contributed by atoms with Gasteiger partial charge in [-0.15, -0.1) is 0 Å². The van der Waals surface area contributed by atoms with E-state index in [0.29, 0.717) is 6.04 Å². The van der Waals surface area contributed by atoms with Crippen molar-refractivity contribution in [3.63, 3.8) is 0 Å². The molecule has 0 fully saturated rings. The van der Waals surface area contributed by atoms with Crippen LogP contribution in [0.1, 0.15) is 26.7 Å². The van der Waals surface area contributed by atoms with Gasteiger partial charge in [-0.05, 0) is 32.9 Å². The fraction of sp³-hybridized carbons (Fsp3) is 1.00. The van der Waals surface area contributed by atoms with Gasteiger partial charge in [-0.1, -0.05) is 0 Å². The fourth-order valence-electron chi connectivity index (χ4n) is 1.04. The van der Waals surface area contributed by atoms with Crippen molar-refractivity contribution < 1.29 is 4.74 Å². The smallest absolute Gasteiger partial charge is 0.0623 e. The van der Waals surface area contributed by atoms with E-state index in [2.05, 4.69) is 25.5 Å². The van der Waals surface area contributed by atoms with Crippen LogP contribution in [-0.2, 0) is 4.74 Å². The van der Waals surface area contributed by atoms with E-state index < -0.39 is 0 Å². The molecule has 0 aliphatic heterocycles. The monoisotopic (exact) mass is 206 g/mol. The molecule has 4 heteroatoms. The van der Waals surface area contributed by atoms with E-state index in [9.17, 15) is 0 Å². The average molecular weight is 206 g/mol. The normalized spacial score (nSPS) is 14.5. The van der Waals surface area contributed by atoms with Gasteiger partial charge in [-0.3, -0.25) is 11.3 Å². The highest BCUT2D eigenvalue weighted by Gasteiger charge is 2.18. The Morgan fingerprint density at radius 2 is 2.15 bits per heavy atom. The summed E-state index contributed by atoms with van der Waals surface area (Å²) in [5.74, 6) is 6.48. The molecule has 0 radical (unpaired) electrons. The SMILES string of the molecule is COC(C)(C)CCC(CSC)NN. The first-order valence-electron chi connectivity index (χ1n) is 4.56. The Labute approximate surface area is 85.8 Å². The number of thioether (sulfide) groups is 1. The van der Waals surface area contributed by atoms with Crippen molar-refractivity contribution in [1.29, 1.82) is 0 Å². The summed E-state index contributed by atoms with van der Waals surface area (Å²) in [6, 6.07) is 0.393. The lowest BCUT2D eigenvalue weighted by Gasteiger charge is -2.25. The Hall–Kier alpha value is 0.230. The summed E-state index contributed by atoms with van der Waals surface area (Å²) in [4.78, 5) is 0. The van der Waals surface area contributed by atoms with Crippen LogP contribution in [0.5, 0.6) is 0 Å². The van der Waals surface area contributed by atoms with Gasteiger partial charge < -0.3 is 4.74 Å². The maximum atomic E-state index is 5.43. The third kappa shape index (κ3) is 6.32. The number of hydrazine groups is 1. The van der Waals surface area contributed by atoms with Crippen molar-refractivity contribution in [3.8, 4) is 0 Å². The first-order chi connectivity index (χ1) is 6.05. The number of hydrogen-bond donors (Lipinski definition) is 2. The number of ether oxygens (including phenoxy) is 1. The summed E-state index contributed by atoms with van der Waals surface area (Å²) in [5, 5.41) is 0. The number of methoxy groups -OCH3 is 1. The lowest BCUT2D eigenvalue weighted by atomic mass is 10.00. The van der Waals surface area contributed by atoms with Crippen LogP contribution in [0.25, 0.3) is 0 Å². The van der Waals surface area contributed by atoms with E-state index in [4.69, 9.17) is 10.6 Å². The van der Waals surface area contributed by atoms with Gasteiger partial charge in [0.1, 0.15) is 0 Å². The zero-order valence-electron chi connectivity index (χ0n) is 9.09. The zero-order valence-corrected chi connectivity index (χ0v) is 9.91. The molecule has 0 aliphatic carbocycles. The molecule has 0 aromatic rings. The second kappa shape index (κ2) is 6.65. The van der Waals surface area contributed by atoms with Crippen molar-refractivity contribution in [2.75, 3.05) is 19.1 Å². The minimum atomic E-state index is -0.0342. The molecule has 0 amide bonds. The van der Waals surface area contributed by atoms with Gasteiger partial charge in [0.25, 0.3) is 0 Å². The second-order valence-electron chi connectivity index (χ2n) is 3.82. The average Bonchev–Trinajstić information content (AvgIpc) is 2.12. The molecule has 1 unspecified atom stereocenters. The summed E-state index contributed by atoms with van der Waals surface area (Å²) in [5.41, 5.74) is 2.79. The molecule has 0 aromatic heterocycles. The molecule has 3 N–H and O–H groups in total. The Morgan fingerprint density at radius 3 is 2.54 bits per heavy atom. The van der Waals surface area contributed by atoms with E-state index in [-0.39, 0.29) is 5.60 Å². The molecule has 0 bridgehead atoms. The molecule has 13 heavy (non-hydrogen) atoms.